The Morgan fingerprint density at radius 1 is 0.926 bits per heavy atom. The Labute approximate surface area is 165 Å². The van der Waals surface area contributed by atoms with E-state index in [-0.39, 0.29) is 5.91 Å². The van der Waals surface area contributed by atoms with Crippen LogP contribution in [0.4, 0.5) is 0 Å². The molecule has 0 aromatic carbocycles. The van der Waals surface area contributed by atoms with Gasteiger partial charge in [0, 0.05) is 37.5 Å². The highest BCUT2D eigenvalue weighted by Gasteiger charge is 2.51. The first-order valence-corrected chi connectivity index (χ1v) is 11.5. The van der Waals surface area contributed by atoms with Gasteiger partial charge in [-0.2, -0.15) is 0 Å². The Morgan fingerprint density at radius 2 is 1.48 bits per heavy atom. The zero-order chi connectivity index (χ0) is 18.4. The highest BCUT2D eigenvalue weighted by molar-refractivity contribution is 7.10. The third kappa shape index (κ3) is 3.55. The van der Waals surface area contributed by atoms with E-state index in [4.69, 9.17) is 0 Å². The van der Waals surface area contributed by atoms with Crippen molar-refractivity contribution in [3.05, 3.63) is 22.4 Å². The Morgan fingerprint density at radius 3 is 2.00 bits per heavy atom. The molecule has 1 aliphatic heterocycles. The molecule has 5 fully saturated rings. The largest absolute Gasteiger partial charge is 0.339 e. The smallest absolute Gasteiger partial charge is 0.227 e. The van der Waals surface area contributed by atoms with Gasteiger partial charge in [0.15, 0.2) is 0 Å². The molecule has 0 radical (unpaired) electrons. The van der Waals surface area contributed by atoms with Gasteiger partial charge in [-0.15, -0.1) is 11.3 Å². The van der Waals surface area contributed by atoms with Crippen LogP contribution in [0.25, 0.3) is 0 Å². The summed E-state index contributed by atoms with van der Waals surface area (Å²) in [5, 5.41) is 2.02. The summed E-state index contributed by atoms with van der Waals surface area (Å²) in [5.41, 5.74) is 0.317. The number of hydrogen-bond acceptors (Lipinski definition) is 3. The highest BCUT2D eigenvalue weighted by Crippen LogP contribution is 2.61. The number of carbonyl (C=O) groups excluding carboxylic acids is 2. The monoisotopic (exact) mass is 386 g/mol. The molecule has 0 atom stereocenters. The van der Waals surface area contributed by atoms with Crippen LogP contribution in [0.2, 0.25) is 0 Å². The van der Waals surface area contributed by atoms with E-state index in [9.17, 15) is 9.59 Å². The van der Waals surface area contributed by atoms with E-state index in [2.05, 4.69) is 0 Å². The van der Waals surface area contributed by atoms with Crippen molar-refractivity contribution in [2.45, 2.75) is 51.4 Å². The van der Waals surface area contributed by atoms with E-state index in [0.717, 1.165) is 29.1 Å². The number of amides is 2. The van der Waals surface area contributed by atoms with E-state index in [1.165, 1.54) is 38.5 Å². The number of hydrogen-bond donors (Lipinski definition) is 0. The fourth-order valence-electron chi connectivity index (χ4n) is 6.82. The third-order valence-corrected chi connectivity index (χ3v) is 8.46. The topological polar surface area (TPSA) is 40.6 Å². The van der Waals surface area contributed by atoms with E-state index >= 15 is 0 Å². The second kappa shape index (κ2) is 6.91. The van der Waals surface area contributed by atoms with Crippen LogP contribution < -0.4 is 0 Å². The quantitative estimate of drug-likeness (QED) is 0.794. The summed E-state index contributed by atoms with van der Waals surface area (Å²) in [5.74, 6) is 3.25. The molecule has 27 heavy (non-hydrogen) atoms. The van der Waals surface area contributed by atoms with Gasteiger partial charge in [0.1, 0.15) is 0 Å². The molecule has 6 rings (SSSR count). The van der Waals surface area contributed by atoms with Crippen molar-refractivity contribution in [1.82, 2.24) is 9.80 Å². The standard InChI is InChI=1S/C22H30N2O2S/c25-20(11-19-2-1-7-27-19)23-3-5-24(6-4-23)21(26)15-22-12-16-8-17(13-22)10-18(9-16)14-22/h1-2,7,16-18H,3-6,8-15H2. The fraction of sp³-hybridized carbons (Fsp3) is 0.727. The van der Waals surface area contributed by atoms with Gasteiger partial charge in [-0.25, -0.2) is 0 Å². The van der Waals surface area contributed by atoms with E-state index in [1.807, 2.05) is 27.3 Å². The van der Waals surface area contributed by atoms with Crippen LogP contribution in [-0.4, -0.2) is 47.8 Å². The second-order valence-electron chi connectivity index (χ2n) is 9.61. The van der Waals surface area contributed by atoms with Crippen molar-refractivity contribution in [2.24, 2.45) is 23.2 Å². The molecule has 1 aromatic heterocycles. The molecule has 1 aromatic rings. The van der Waals surface area contributed by atoms with Crippen molar-refractivity contribution in [3.8, 4) is 0 Å². The van der Waals surface area contributed by atoms with Gasteiger partial charge in [-0.3, -0.25) is 9.59 Å². The second-order valence-corrected chi connectivity index (χ2v) is 10.6. The normalized spacial score (nSPS) is 34.9. The lowest BCUT2D eigenvalue weighted by Crippen LogP contribution is -2.53. The van der Waals surface area contributed by atoms with Crippen LogP contribution in [-0.2, 0) is 16.0 Å². The number of piperazine rings is 1. The minimum atomic E-state index is 0.200. The summed E-state index contributed by atoms with van der Waals surface area (Å²) in [6.07, 6.45) is 9.44. The minimum absolute atomic E-state index is 0.200. The molecule has 4 nitrogen and oxygen atoms in total. The summed E-state index contributed by atoms with van der Waals surface area (Å²) in [4.78, 5) is 30.6. The van der Waals surface area contributed by atoms with Crippen LogP contribution in [0.5, 0.6) is 0 Å². The Balaban J connectivity index is 1.14. The molecule has 4 saturated carbocycles. The molecular formula is C22H30N2O2S. The molecule has 1 saturated heterocycles. The van der Waals surface area contributed by atoms with Crippen LogP contribution in [0.1, 0.15) is 49.8 Å². The minimum Gasteiger partial charge on any atom is -0.339 e. The van der Waals surface area contributed by atoms with E-state index in [0.29, 0.717) is 43.9 Å². The first-order chi connectivity index (χ1) is 13.1. The average molecular weight is 387 g/mol. The van der Waals surface area contributed by atoms with Crippen molar-refractivity contribution in [3.63, 3.8) is 0 Å². The van der Waals surface area contributed by atoms with Crippen LogP contribution in [0.3, 0.4) is 0 Å². The molecular weight excluding hydrogens is 356 g/mol. The van der Waals surface area contributed by atoms with Gasteiger partial charge >= 0.3 is 0 Å². The van der Waals surface area contributed by atoms with Gasteiger partial charge in [0.25, 0.3) is 0 Å². The summed E-state index contributed by atoms with van der Waals surface area (Å²) in [7, 11) is 0. The van der Waals surface area contributed by atoms with Crippen molar-refractivity contribution < 1.29 is 9.59 Å². The van der Waals surface area contributed by atoms with Crippen molar-refractivity contribution >= 4 is 23.2 Å². The Bertz CT molecular complexity index is 671. The summed E-state index contributed by atoms with van der Waals surface area (Å²) in [6, 6.07) is 4.02. The Hall–Kier alpha value is -1.36. The molecule has 5 heteroatoms. The number of carbonyl (C=O) groups is 2. The number of nitrogens with zero attached hydrogens (tertiary/aromatic N) is 2. The van der Waals surface area contributed by atoms with Crippen molar-refractivity contribution in [1.29, 1.82) is 0 Å². The number of rotatable bonds is 4. The fourth-order valence-corrected chi connectivity index (χ4v) is 7.51. The van der Waals surface area contributed by atoms with Gasteiger partial charge in [-0.1, -0.05) is 6.07 Å². The van der Waals surface area contributed by atoms with Gasteiger partial charge in [0.2, 0.25) is 11.8 Å². The Kier molecular flexibility index (Phi) is 4.53. The molecule has 146 valence electrons. The van der Waals surface area contributed by atoms with Gasteiger partial charge < -0.3 is 9.80 Å². The zero-order valence-corrected chi connectivity index (χ0v) is 16.9. The first-order valence-electron chi connectivity index (χ1n) is 10.7. The molecule has 0 unspecified atom stereocenters. The van der Waals surface area contributed by atoms with Crippen LogP contribution >= 0.6 is 11.3 Å². The third-order valence-electron chi connectivity index (χ3n) is 7.58. The lowest BCUT2D eigenvalue weighted by atomic mass is 9.49. The highest BCUT2D eigenvalue weighted by atomic mass is 32.1. The SMILES string of the molecule is O=C(Cc1cccs1)N1CCN(C(=O)CC23CC4CC(CC(C4)C2)C3)CC1. The molecule has 2 amide bonds. The lowest BCUT2D eigenvalue weighted by Gasteiger charge is -2.57. The average Bonchev–Trinajstić information content (AvgIpc) is 3.13. The maximum atomic E-state index is 13.0. The molecule has 5 aliphatic rings. The summed E-state index contributed by atoms with van der Waals surface area (Å²) < 4.78 is 0. The van der Waals surface area contributed by atoms with Crippen molar-refractivity contribution in [2.75, 3.05) is 26.2 Å². The van der Waals surface area contributed by atoms with E-state index < -0.39 is 0 Å². The zero-order valence-electron chi connectivity index (χ0n) is 16.1. The molecule has 4 bridgehead atoms. The first kappa shape index (κ1) is 17.7. The summed E-state index contributed by atoms with van der Waals surface area (Å²) >= 11 is 1.64. The summed E-state index contributed by atoms with van der Waals surface area (Å²) in [6.45, 7) is 2.80. The maximum absolute atomic E-state index is 13.0. The van der Waals surface area contributed by atoms with Gasteiger partial charge in [0.05, 0.1) is 6.42 Å². The van der Waals surface area contributed by atoms with Crippen LogP contribution in [0.15, 0.2) is 17.5 Å². The predicted molar refractivity (Wildman–Crippen MR) is 106 cm³/mol. The number of thiophene rings is 1. The predicted octanol–water partition coefficient (Wildman–Crippen LogP) is 3.57. The molecule has 0 N–H and O–H groups in total. The van der Waals surface area contributed by atoms with Gasteiger partial charge in [-0.05, 0) is 73.1 Å². The maximum Gasteiger partial charge on any atom is 0.227 e. The van der Waals surface area contributed by atoms with Crippen LogP contribution in [0, 0.1) is 23.2 Å². The molecule has 0 spiro atoms. The van der Waals surface area contributed by atoms with E-state index in [1.54, 1.807) is 11.3 Å². The molecule has 4 aliphatic carbocycles. The lowest BCUT2D eigenvalue weighted by molar-refractivity contribution is -0.144. The molecule has 2 heterocycles.